The van der Waals surface area contributed by atoms with Gasteiger partial charge in [-0.05, 0) is 24.6 Å². The number of amides is 1. The first-order valence-corrected chi connectivity index (χ1v) is 5.47. The molecule has 0 radical (unpaired) electrons. The third kappa shape index (κ3) is 6.14. The number of hydrogen-bond acceptors (Lipinski definition) is 4. The van der Waals surface area contributed by atoms with Gasteiger partial charge in [0.1, 0.15) is 11.8 Å². The maximum Gasteiger partial charge on any atom is 0.326 e. The fourth-order valence-corrected chi connectivity index (χ4v) is 1.37. The average Bonchev–Trinajstić information content (AvgIpc) is 2.30. The summed E-state index contributed by atoms with van der Waals surface area (Å²) in [5.41, 5.74) is 6.06. The number of nitrogens with one attached hydrogen (secondary N) is 1. The highest BCUT2D eigenvalue weighted by atomic mass is 16.4. The highest BCUT2D eigenvalue weighted by Crippen LogP contribution is 2.11. The number of aromatic hydroxyl groups is 1. The molecule has 1 aromatic rings. The average molecular weight is 288 g/mol. The van der Waals surface area contributed by atoms with Gasteiger partial charge in [0.15, 0.2) is 0 Å². The van der Waals surface area contributed by atoms with Gasteiger partial charge in [0.2, 0.25) is 5.91 Å². The van der Waals surface area contributed by atoms with Crippen molar-refractivity contribution in [3.8, 4) is 5.75 Å². The minimum Gasteiger partial charge on any atom is -0.508 e. The van der Waals surface area contributed by atoms with E-state index < -0.39 is 24.0 Å². The molecule has 0 fully saturated rings. The van der Waals surface area contributed by atoms with Crippen LogP contribution in [0.2, 0.25) is 0 Å². The Morgan fingerprint density at radius 3 is 2.15 bits per heavy atom. The summed E-state index contributed by atoms with van der Waals surface area (Å²) >= 11 is 0. The van der Waals surface area contributed by atoms with E-state index in [0.717, 1.165) is 0 Å². The van der Waals surface area contributed by atoms with Gasteiger partial charge in [0, 0.05) is 6.42 Å². The number of aliphatic carboxylic acids is 1. The van der Waals surface area contributed by atoms with E-state index in [1.807, 2.05) is 0 Å². The zero-order valence-corrected chi connectivity index (χ0v) is 11.0. The van der Waals surface area contributed by atoms with Crippen LogP contribution < -0.4 is 11.1 Å². The molecular formula is C12H20N2O6. The van der Waals surface area contributed by atoms with Crippen molar-refractivity contribution in [2.75, 3.05) is 0 Å². The molecular weight excluding hydrogens is 268 g/mol. The van der Waals surface area contributed by atoms with Crippen molar-refractivity contribution in [1.82, 2.24) is 5.32 Å². The maximum absolute atomic E-state index is 11.4. The van der Waals surface area contributed by atoms with E-state index >= 15 is 0 Å². The van der Waals surface area contributed by atoms with Gasteiger partial charge < -0.3 is 32.2 Å². The highest BCUT2D eigenvalue weighted by Gasteiger charge is 2.21. The van der Waals surface area contributed by atoms with Crippen LogP contribution in [0.25, 0.3) is 0 Å². The molecule has 0 spiro atoms. The Labute approximate surface area is 115 Å². The van der Waals surface area contributed by atoms with Crippen LogP contribution in [0, 0.1) is 0 Å². The van der Waals surface area contributed by atoms with Crippen LogP contribution >= 0.6 is 0 Å². The smallest absolute Gasteiger partial charge is 0.326 e. The van der Waals surface area contributed by atoms with Crippen LogP contribution in [0.3, 0.4) is 0 Å². The van der Waals surface area contributed by atoms with Gasteiger partial charge >= 0.3 is 5.97 Å². The summed E-state index contributed by atoms with van der Waals surface area (Å²) in [6.45, 7) is 1.48. The largest absolute Gasteiger partial charge is 0.508 e. The normalized spacial score (nSPS) is 12.3. The molecule has 1 rings (SSSR count). The molecule has 1 unspecified atom stereocenters. The number of benzene rings is 1. The molecule has 0 bridgehead atoms. The van der Waals surface area contributed by atoms with Gasteiger partial charge in [0.05, 0.1) is 6.04 Å². The van der Waals surface area contributed by atoms with Crippen LogP contribution in [-0.2, 0) is 16.0 Å². The van der Waals surface area contributed by atoms with Crippen molar-refractivity contribution in [2.45, 2.75) is 25.4 Å². The molecule has 8 nitrogen and oxygen atoms in total. The van der Waals surface area contributed by atoms with Crippen molar-refractivity contribution in [2.24, 2.45) is 5.73 Å². The Morgan fingerprint density at radius 2 is 1.75 bits per heavy atom. The fourth-order valence-electron chi connectivity index (χ4n) is 1.37. The second-order valence-corrected chi connectivity index (χ2v) is 4.06. The van der Waals surface area contributed by atoms with Crippen LogP contribution in [0.5, 0.6) is 5.75 Å². The first kappa shape index (κ1) is 20.2. The molecule has 0 heterocycles. The third-order valence-electron chi connectivity index (χ3n) is 2.40. The second-order valence-electron chi connectivity index (χ2n) is 4.06. The van der Waals surface area contributed by atoms with Gasteiger partial charge in [-0.1, -0.05) is 12.1 Å². The summed E-state index contributed by atoms with van der Waals surface area (Å²) in [7, 11) is 0. The lowest BCUT2D eigenvalue weighted by molar-refractivity contribution is -0.141. The molecule has 9 N–H and O–H groups in total. The van der Waals surface area contributed by atoms with E-state index in [4.69, 9.17) is 15.9 Å². The van der Waals surface area contributed by atoms with Crippen molar-refractivity contribution < 1.29 is 30.8 Å². The zero-order chi connectivity index (χ0) is 13.7. The molecule has 0 saturated carbocycles. The molecule has 0 aromatic heterocycles. The minimum atomic E-state index is -1.13. The maximum atomic E-state index is 11.4. The third-order valence-corrected chi connectivity index (χ3v) is 2.40. The first-order chi connectivity index (χ1) is 8.40. The number of nitrogens with two attached hydrogens (primary N) is 1. The quantitative estimate of drug-likeness (QED) is 0.499. The van der Waals surface area contributed by atoms with Gasteiger partial charge in [-0.3, -0.25) is 4.79 Å². The van der Waals surface area contributed by atoms with Gasteiger partial charge in [-0.2, -0.15) is 0 Å². The predicted octanol–water partition coefficient (Wildman–Crippen LogP) is -1.80. The van der Waals surface area contributed by atoms with E-state index in [1.54, 1.807) is 12.1 Å². The molecule has 0 aliphatic heterocycles. The molecule has 0 aliphatic rings. The van der Waals surface area contributed by atoms with Crippen LogP contribution in [-0.4, -0.2) is 45.1 Å². The lowest BCUT2D eigenvalue weighted by atomic mass is 10.1. The molecule has 8 heteroatoms. The summed E-state index contributed by atoms with van der Waals surface area (Å²) in [4.78, 5) is 22.4. The SMILES string of the molecule is CC(N)C(=O)N[C@@H](Cc1ccc(O)cc1)C(=O)O.O.O. The monoisotopic (exact) mass is 288 g/mol. The molecule has 1 amide bonds. The molecule has 20 heavy (non-hydrogen) atoms. The highest BCUT2D eigenvalue weighted by molar-refractivity contribution is 5.86. The second kappa shape index (κ2) is 8.86. The Bertz CT molecular complexity index is 432. The molecule has 0 aliphatic carbocycles. The van der Waals surface area contributed by atoms with Crippen LogP contribution in [0.15, 0.2) is 24.3 Å². The standard InChI is InChI=1S/C12H16N2O4.2H2O/c1-7(13)11(16)14-10(12(17)18)6-8-2-4-9(15)5-3-8;;/h2-5,7,10,15H,6,13H2,1H3,(H,14,16)(H,17,18);2*1H2/t7?,10-;;/m0../s1. The number of carboxylic acids is 1. The molecule has 2 atom stereocenters. The topological polar surface area (TPSA) is 176 Å². The molecule has 1 aromatic carbocycles. The lowest BCUT2D eigenvalue weighted by Gasteiger charge is -2.16. The number of rotatable bonds is 5. The zero-order valence-electron chi connectivity index (χ0n) is 11.0. The Morgan fingerprint density at radius 1 is 1.25 bits per heavy atom. The van der Waals surface area contributed by atoms with E-state index in [9.17, 15) is 9.59 Å². The van der Waals surface area contributed by atoms with E-state index in [1.165, 1.54) is 19.1 Å². The molecule has 114 valence electrons. The fraction of sp³-hybridized carbons (Fsp3) is 0.333. The lowest BCUT2D eigenvalue weighted by Crippen LogP contribution is -2.48. The Balaban J connectivity index is 0. The summed E-state index contributed by atoms with van der Waals surface area (Å²) in [6.07, 6.45) is 0.133. The number of phenols is 1. The number of hydrogen-bond donors (Lipinski definition) is 4. The summed E-state index contributed by atoms with van der Waals surface area (Å²) in [5, 5.41) is 20.5. The van der Waals surface area contributed by atoms with Crippen LogP contribution in [0.4, 0.5) is 0 Å². The number of carboxylic acid groups (broad SMARTS) is 1. The van der Waals surface area contributed by atoms with E-state index in [2.05, 4.69) is 5.32 Å². The van der Waals surface area contributed by atoms with E-state index in [-0.39, 0.29) is 23.1 Å². The summed E-state index contributed by atoms with van der Waals surface area (Å²) in [6, 6.07) is 4.33. The van der Waals surface area contributed by atoms with Crippen LogP contribution in [0.1, 0.15) is 12.5 Å². The van der Waals surface area contributed by atoms with Gasteiger partial charge in [-0.25, -0.2) is 4.79 Å². The van der Waals surface area contributed by atoms with Gasteiger partial charge in [0.25, 0.3) is 0 Å². The van der Waals surface area contributed by atoms with Crippen molar-refractivity contribution in [3.63, 3.8) is 0 Å². The summed E-state index contributed by atoms with van der Waals surface area (Å²) < 4.78 is 0. The van der Waals surface area contributed by atoms with Crippen molar-refractivity contribution in [3.05, 3.63) is 29.8 Å². The van der Waals surface area contributed by atoms with Crippen molar-refractivity contribution in [1.29, 1.82) is 0 Å². The van der Waals surface area contributed by atoms with Crippen molar-refractivity contribution >= 4 is 11.9 Å². The number of carbonyl (C=O) groups is 2. The Kier molecular flexibility index (Phi) is 8.93. The summed E-state index contributed by atoms with van der Waals surface area (Å²) in [5.74, 6) is -1.54. The molecule has 0 saturated heterocycles. The van der Waals surface area contributed by atoms with E-state index in [0.29, 0.717) is 5.56 Å². The first-order valence-electron chi connectivity index (χ1n) is 5.47. The number of phenolic OH excluding ortho intramolecular Hbond substituents is 1. The predicted molar refractivity (Wildman–Crippen MR) is 72.3 cm³/mol. The van der Waals surface area contributed by atoms with Gasteiger partial charge in [-0.15, -0.1) is 0 Å². The number of carbonyl (C=O) groups excluding carboxylic acids is 1. The minimum absolute atomic E-state index is 0. The Hall–Kier alpha value is -2.16.